The number of nitrogens with one attached hydrogen (secondary N) is 1. The van der Waals surface area contributed by atoms with E-state index in [2.05, 4.69) is 33.4 Å². The predicted molar refractivity (Wildman–Crippen MR) is 93.8 cm³/mol. The zero-order valence-electron chi connectivity index (χ0n) is 14.2. The average Bonchev–Trinajstić information content (AvgIpc) is 3.04. The second kappa shape index (κ2) is 7.12. The molecule has 124 valence electrons. The predicted octanol–water partition coefficient (Wildman–Crippen LogP) is 3.08. The zero-order valence-corrected chi connectivity index (χ0v) is 14.2. The molecular weight excluding hydrogens is 302 g/mol. The number of ether oxygens (including phenoxy) is 1. The Morgan fingerprint density at radius 2 is 1.92 bits per heavy atom. The fourth-order valence-electron chi connectivity index (χ4n) is 2.42. The molecule has 3 aromatic rings. The van der Waals surface area contributed by atoms with Gasteiger partial charge in [-0.2, -0.15) is 5.10 Å². The molecule has 0 saturated carbocycles. The highest BCUT2D eigenvalue weighted by molar-refractivity contribution is 5.44. The molecule has 0 radical (unpaired) electrons. The number of aryl methyl sites for hydroxylation is 2. The summed E-state index contributed by atoms with van der Waals surface area (Å²) in [6.45, 7) is 7.20. The van der Waals surface area contributed by atoms with Gasteiger partial charge in [0.05, 0.1) is 18.4 Å². The Balaban J connectivity index is 1.62. The maximum absolute atomic E-state index is 5.87. The maximum Gasteiger partial charge on any atom is 0.216 e. The lowest BCUT2D eigenvalue weighted by Crippen LogP contribution is -2.15. The summed E-state index contributed by atoms with van der Waals surface area (Å²) in [5.41, 5.74) is 4.21. The van der Waals surface area contributed by atoms with Crippen molar-refractivity contribution in [3.05, 3.63) is 59.7 Å². The van der Waals surface area contributed by atoms with Crippen LogP contribution in [-0.4, -0.2) is 32.9 Å². The molecule has 0 atom stereocenters. The SMILES string of the molecule is Cc1ccccc1-n1nccc1OCCNc1ncnc(C)c1C. The number of rotatable bonds is 6. The molecule has 2 heterocycles. The van der Waals surface area contributed by atoms with Crippen LogP contribution in [0.3, 0.4) is 0 Å². The van der Waals surface area contributed by atoms with Gasteiger partial charge in [-0.15, -0.1) is 0 Å². The van der Waals surface area contributed by atoms with Crippen molar-refractivity contribution in [1.29, 1.82) is 0 Å². The quantitative estimate of drug-likeness (QED) is 0.706. The monoisotopic (exact) mass is 323 g/mol. The third-order valence-corrected chi connectivity index (χ3v) is 3.93. The smallest absolute Gasteiger partial charge is 0.216 e. The van der Waals surface area contributed by atoms with Crippen LogP contribution in [0.4, 0.5) is 5.82 Å². The van der Waals surface area contributed by atoms with E-state index in [0.29, 0.717) is 13.2 Å². The van der Waals surface area contributed by atoms with Gasteiger partial charge in [0, 0.05) is 17.3 Å². The lowest BCUT2D eigenvalue weighted by atomic mass is 10.2. The van der Waals surface area contributed by atoms with Crippen LogP contribution < -0.4 is 10.1 Å². The normalized spacial score (nSPS) is 10.6. The highest BCUT2D eigenvalue weighted by atomic mass is 16.5. The van der Waals surface area contributed by atoms with Crippen molar-refractivity contribution in [2.24, 2.45) is 0 Å². The molecule has 0 aliphatic heterocycles. The standard InChI is InChI=1S/C18H21N5O/c1-13-6-4-5-7-16(13)23-17(8-9-22-23)24-11-10-19-18-14(2)15(3)20-12-21-18/h4-9,12H,10-11H2,1-3H3,(H,19,20,21). The molecule has 0 amide bonds. The number of benzene rings is 1. The van der Waals surface area contributed by atoms with E-state index in [-0.39, 0.29) is 0 Å². The van der Waals surface area contributed by atoms with E-state index >= 15 is 0 Å². The molecule has 0 fully saturated rings. The van der Waals surface area contributed by atoms with Gasteiger partial charge in [-0.1, -0.05) is 18.2 Å². The topological polar surface area (TPSA) is 64.9 Å². The second-order valence-corrected chi connectivity index (χ2v) is 5.58. The van der Waals surface area contributed by atoms with E-state index in [0.717, 1.165) is 34.2 Å². The first-order valence-corrected chi connectivity index (χ1v) is 7.91. The fraction of sp³-hybridized carbons (Fsp3) is 0.278. The van der Waals surface area contributed by atoms with Crippen molar-refractivity contribution in [3.8, 4) is 11.6 Å². The minimum absolute atomic E-state index is 0.514. The Morgan fingerprint density at radius 3 is 2.75 bits per heavy atom. The number of hydrogen-bond acceptors (Lipinski definition) is 5. The highest BCUT2D eigenvalue weighted by Crippen LogP contribution is 2.20. The summed E-state index contributed by atoms with van der Waals surface area (Å²) in [5.74, 6) is 1.57. The highest BCUT2D eigenvalue weighted by Gasteiger charge is 2.08. The van der Waals surface area contributed by atoms with Crippen LogP contribution in [0.2, 0.25) is 0 Å². The van der Waals surface area contributed by atoms with Gasteiger partial charge in [-0.3, -0.25) is 0 Å². The first-order valence-electron chi connectivity index (χ1n) is 7.91. The molecule has 6 heteroatoms. The number of aromatic nitrogens is 4. The fourth-order valence-corrected chi connectivity index (χ4v) is 2.42. The Hall–Kier alpha value is -2.89. The van der Waals surface area contributed by atoms with E-state index < -0.39 is 0 Å². The van der Waals surface area contributed by atoms with Crippen LogP contribution in [0.5, 0.6) is 5.88 Å². The summed E-state index contributed by atoms with van der Waals surface area (Å²) < 4.78 is 7.69. The zero-order chi connectivity index (χ0) is 16.9. The van der Waals surface area contributed by atoms with E-state index in [1.807, 2.05) is 42.8 Å². The van der Waals surface area contributed by atoms with Crippen LogP contribution in [0.1, 0.15) is 16.8 Å². The average molecular weight is 323 g/mol. The largest absolute Gasteiger partial charge is 0.476 e. The summed E-state index contributed by atoms with van der Waals surface area (Å²) in [6, 6.07) is 9.96. The lowest BCUT2D eigenvalue weighted by Gasteiger charge is -2.12. The Kier molecular flexibility index (Phi) is 4.74. The molecule has 24 heavy (non-hydrogen) atoms. The van der Waals surface area contributed by atoms with Crippen molar-refractivity contribution in [2.75, 3.05) is 18.5 Å². The summed E-state index contributed by atoms with van der Waals surface area (Å²) in [6.07, 6.45) is 3.31. The molecule has 1 N–H and O–H groups in total. The molecule has 0 bridgehead atoms. The molecule has 0 aliphatic rings. The van der Waals surface area contributed by atoms with E-state index in [9.17, 15) is 0 Å². The van der Waals surface area contributed by atoms with Gasteiger partial charge in [-0.05, 0) is 32.4 Å². The van der Waals surface area contributed by atoms with Crippen molar-refractivity contribution >= 4 is 5.82 Å². The van der Waals surface area contributed by atoms with Crippen LogP contribution in [0, 0.1) is 20.8 Å². The van der Waals surface area contributed by atoms with Crippen LogP contribution in [0.15, 0.2) is 42.9 Å². The molecule has 0 unspecified atom stereocenters. The summed E-state index contributed by atoms with van der Waals surface area (Å²) in [4.78, 5) is 8.42. The van der Waals surface area contributed by atoms with E-state index in [1.165, 1.54) is 0 Å². The molecule has 6 nitrogen and oxygen atoms in total. The molecular formula is C18H21N5O. The van der Waals surface area contributed by atoms with E-state index in [1.54, 1.807) is 12.5 Å². The molecule has 3 rings (SSSR count). The van der Waals surface area contributed by atoms with Crippen molar-refractivity contribution in [1.82, 2.24) is 19.7 Å². The third kappa shape index (κ3) is 3.37. The molecule has 1 aromatic carbocycles. The summed E-state index contributed by atoms with van der Waals surface area (Å²) in [5, 5.41) is 7.64. The lowest BCUT2D eigenvalue weighted by molar-refractivity contribution is 0.310. The summed E-state index contributed by atoms with van der Waals surface area (Å²) in [7, 11) is 0. The minimum atomic E-state index is 0.514. The minimum Gasteiger partial charge on any atom is -0.476 e. The Bertz CT molecular complexity index is 828. The molecule has 0 spiro atoms. The van der Waals surface area contributed by atoms with Gasteiger partial charge >= 0.3 is 0 Å². The Morgan fingerprint density at radius 1 is 1.08 bits per heavy atom. The van der Waals surface area contributed by atoms with Gasteiger partial charge in [-0.25, -0.2) is 14.6 Å². The number of anilines is 1. The number of hydrogen-bond donors (Lipinski definition) is 1. The Labute approximate surface area is 141 Å². The van der Waals surface area contributed by atoms with Gasteiger partial charge in [0.1, 0.15) is 18.8 Å². The van der Waals surface area contributed by atoms with Crippen LogP contribution in [0.25, 0.3) is 5.69 Å². The number of para-hydroxylation sites is 1. The second-order valence-electron chi connectivity index (χ2n) is 5.58. The third-order valence-electron chi connectivity index (χ3n) is 3.93. The van der Waals surface area contributed by atoms with Gasteiger partial charge < -0.3 is 10.1 Å². The van der Waals surface area contributed by atoms with Gasteiger partial charge in [0.25, 0.3) is 0 Å². The molecule has 0 saturated heterocycles. The van der Waals surface area contributed by atoms with Crippen molar-refractivity contribution in [3.63, 3.8) is 0 Å². The first kappa shape index (κ1) is 16.0. The maximum atomic E-state index is 5.87. The van der Waals surface area contributed by atoms with Crippen molar-refractivity contribution < 1.29 is 4.74 Å². The van der Waals surface area contributed by atoms with Crippen LogP contribution in [-0.2, 0) is 0 Å². The van der Waals surface area contributed by atoms with E-state index in [4.69, 9.17) is 4.74 Å². The van der Waals surface area contributed by atoms with Crippen LogP contribution >= 0.6 is 0 Å². The molecule has 0 aliphatic carbocycles. The molecule has 2 aromatic heterocycles. The summed E-state index contributed by atoms with van der Waals surface area (Å²) >= 11 is 0. The first-order chi connectivity index (χ1) is 11.7. The van der Waals surface area contributed by atoms with Gasteiger partial charge in [0.2, 0.25) is 5.88 Å². The van der Waals surface area contributed by atoms with Crippen molar-refractivity contribution in [2.45, 2.75) is 20.8 Å². The number of nitrogens with zero attached hydrogens (tertiary/aromatic N) is 4. The van der Waals surface area contributed by atoms with Gasteiger partial charge in [0.15, 0.2) is 0 Å².